The first-order valence-electron chi connectivity index (χ1n) is 5.01. The van der Waals surface area contributed by atoms with Crippen LogP contribution in [0.3, 0.4) is 0 Å². The molecule has 0 aliphatic carbocycles. The molecule has 2 unspecified atom stereocenters. The van der Waals surface area contributed by atoms with Gasteiger partial charge in [0.25, 0.3) is 0 Å². The number of benzene rings is 1. The van der Waals surface area contributed by atoms with E-state index in [1.165, 1.54) is 0 Å². The van der Waals surface area contributed by atoms with Gasteiger partial charge in [0.2, 0.25) is 0 Å². The molecular formula is C11H14ClNO2. The zero-order valence-corrected chi connectivity index (χ0v) is 9.07. The van der Waals surface area contributed by atoms with Gasteiger partial charge in [-0.15, -0.1) is 0 Å². The molecule has 0 saturated carbocycles. The van der Waals surface area contributed by atoms with Crippen LogP contribution in [0.5, 0.6) is 0 Å². The highest BCUT2D eigenvalue weighted by Crippen LogP contribution is 2.21. The van der Waals surface area contributed by atoms with Crippen LogP contribution < -0.4 is 5.32 Å². The lowest BCUT2D eigenvalue weighted by Crippen LogP contribution is -2.44. The summed E-state index contributed by atoms with van der Waals surface area (Å²) in [5, 5.41) is 12.9. The SMILES string of the molecule is OCC1COC(c2ccc(Cl)cc2)CN1. The number of hydrogen-bond acceptors (Lipinski definition) is 3. The summed E-state index contributed by atoms with van der Waals surface area (Å²) >= 11 is 5.81. The van der Waals surface area contributed by atoms with Crippen LogP contribution in [0, 0.1) is 0 Å². The van der Waals surface area contributed by atoms with Crippen LogP contribution in [0.2, 0.25) is 5.02 Å². The van der Waals surface area contributed by atoms with Gasteiger partial charge in [0.15, 0.2) is 0 Å². The van der Waals surface area contributed by atoms with Gasteiger partial charge >= 0.3 is 0 Å². The van der Waals surface area contributed by atoms with Crippen molar-refractivity contribution in [2.24, 2.45) is 0 Å². The second kappa shape index (κ2) is 4.94. The number of hydrogen-bond donors (Lipinski definition) is 2. The zero-order valence-electron chi connectivity index (χ0n) is 8.32. The highest BCUT2D eigenvalue weighted by Gasteiger charge is 2.21. The van der Waals surface area contributed by atoms with Crippen LogP contribution in [0.4, 0.5) is 0 Å². The van der Waals surface area contributed by atoms with Gasteiger partial charge in [-0.05, 0) is 17.7 Å². The fourth-order valence-electron chi connectivity index (χ4n) is 1.63. The highest BCUT2D eigenvalue weighted by molar-refractivity contribution is 6.30. The number of ether oxygens (including phenoxy) is 1. The van der Waals surface area contributed by atoms with Crippen molar-refractivity contribution in [3.63, 3.8) is 0 Å². The lowest BCUT2D eigenvalue weighted by molar-refractivity contribution is -0.00952. The number of rotatable bonds is 2. The molecule has 1 heterocycles. The first kappa shape index (κ1) is 10.9. The van der Waals surface area contributed by atoms with Gasteiger partial charge in [0, 0.05) is 11.6 Å². The monoisotopic (exact) mass is 227 g/mol. The van der Waals surface area contributed by atoms with E-state index >= 15 is 0 Å². The number of halogens is 1. The van der Waals surface area contributed by atoms with Crippen LogP contribution in [0.25, 0.3) is 0 Å². The van der Waals surface area contributed by atoms with Crippen LogP contribution in [0.15, 0.2) is 24.3 Å². The van der Waals surface area contributed by atoms with Crippen molar-refractivity contribution in [3.8, 4) is 0 Å². The maximum Gasteiger partial charge on any atom is 0.0950 e. The van der Waals surface area contributed by atoms with Gasteiger partial charge in [-0.2, -0.15) is 0 Å². The van der Waals surface area contributed by atoms with E-state index in [2.05, 4.69) is 5.32 Å². The molecule has 1 aromatic rings. The van der Waals surface area contributed by atoms with Crippen molar-refractivity contribution >= 4 is 11.6 Å². The fourth-order valence-corrected chi connectivity index (χ4v) is 1.76. The Hall–Kier alpha value is -0.610. The lowest BCUT2D eigenvalue weighted by Gasteiger charge is -2.29. The molecule has 0 spiro atoms. The Morgan fingerprint density at radius 1 is 1.40 bits per heavy atom. The molecule has 1 fully saturated rings. The van der Waals surface area contributed by atoms with Gasteiger partial charge in [-0.1, -0.05) is 23.7 Å². The van der Waals surface area contributed by atoms with E-state index in [0.717, 1.165) is 17.1 Å². The first-order valence-corrected chi connectivity index (χ1v) is 5.38. The van der Waals surface area contributed by atoms with E-state index in [-0.39, 0.29) is 18.8 Å². The number of aliphatic hydroxyl groups is 1. The summed E-state index contributed by atoms with van der Waals surface area (Å²) in [5.74, 6) is 0. The predicted octanol–water partition coefficient (Wildman–Crippen LogP) is 1.36. The molecule has 1 aliphatic heterocycles. The van der Waals surface area contributed by atoms with E-state index in [4.69, 9.17) is 21.4 Å². The minimum Gasteiger partial charge on any atom is -0.395 e. The molecule has 0 radical (unpaired) electrons. The highest BCUT2D eigenvalue weighted by atomic mass is 35.5. The van der Waals surface area contributed by atoms with Crippen molar-refractivity contribution in [1.82, 2.24) is 5.32 Å². The zero-order chi connectivity index (χ0) is 10.7. The summed E-state index contributed by atoms with van der Waals surface area (Å²) in [4.78, 5) is 0. The third kappa shape index (κ3) is 2.69. The van der Waals surface area contributed by atoms with Gasteiger partial charge in [0.05, 0.1) is 25.4 Å². The topological polar surface area (TPSA) is 41.5 Å². The van der Waals surface area contributed by atoms with Crippen LogP contribution in [-0.2, 0) is 4.74 Å². The lowest BCUT2D eigenvalue weighted by atomic mass is 10.1. The van der Waals surface area contributed by atoms with Gasteiger partial charge in [-0.25, -0.2) is 0 Å². The molecule has 2 N–H and O–H groups in total. The van der Waals surface area contributed by atoms with E-state index in [1.54, 1.807) is 0 Å². The average molecular weight is 228 g/mol. The number of aliphatic hydroxyl groups excluding tert-OH is 1. The molecule has 82 valence electrons. The molecular weight excluding hydrogens is 214 g/mol. The van der Waals surface area contributed by atoms with Crippen LogP contribution in [0.1, 0.15) is 11.7 Å². The second-order valence-electron chi connectivity index (χ2n) is 3.66. The summed E-state index contributed by atoms with van der Waals surface area (Å²) in [6.45, 7) is 1.39. The molecule has 0 amide bonds. The smallest absolute Gasteiger partial charge is 0.0950 e. The molecule has 2 atom stereocenters. The molecule has 1 aliphatic rings. The number of morpholine rings is 1. The fraction of sp³-hybridized carbons (Fsp3) is 0.455. The molecule has 1 aromatic carbocycles. The average Bonchev–Trinajstić information content (AvgIpc) is 2.30. The molecule has 1 saturated heterocycles. The molecule has 2 rings (SSSR count). The number of nitrogens with one attached hydrogen (secondary N) is 1. The van der Waals surface area contributed by atoms with E-state index in [9.17, 15) is 0 Å². The van der Waals surface area contributed by atoms with Crippen molar-refractivity contribution in [1.29, 1.82) is 0 Å². The maximum atomic E-state index is 8.92. The minimum atomic E-state index is 0.0602. The molecule has 0 aromatic heterocycles. The summed E-state index contributed by atoms with van der Waals surface area (Å²) in [6, 6.07) is 7.71. The van der Waals surface area contributed by atoms with E-state index < -0.39 is 0 Å². The minimum absolute atomic E-state index is 0.0602. The Morgan fingerprint density at radius 3 is 2.67 bits per heavy atom. The van der Waals surface area contributed by atoms with Crippen LogP contribution in [-0.4, -0.2) is 30.9 Å². The summed E-state index contributed by atoms with van der Waals surface area (Å²) in [5.41, 5.74) is 1.11. The van der Waals surface area contributed by atoms with E-state index in [1.807, 2.05) is 24.3 Å². The Balaban J connectivity index is 1.98. The normalized spacial score (nSPS) is 26.5. The Morgan fingerprint density at radius 2 is 2.13 bits per heavy atom. The van der Waals surface area contributed by atoms with Crippen molar-refractivity contribution in [2.75, 3.05) is 19.8 Å². The standard InChI is InChI=1S/C11H14ClNO2/c12-9-3-1-8(2-4-9)11-5-13-10(6-14)7-15-11/h1-4,10-11,13-14H,5-7H2. The third-order valence-electron chi connectivity index (χ3n) is 2.55. The quantitative estimate of drug-likeness (QED) is 0.802. The Labute approximate surface area is 94.0 Å². The van der Waals surface area contributed by atoms with E-state index in [0.29, 0.717) is 6.61 Å². The summed E-state index contributed by atoms with van der Waals surface area (Å²) in [6.07, 6.45) is 0.0602. The third-order valence-corrected chi connectivity index (χ3v) is 2.80. The van der Waals surface area contributed by atoms with Gasteiger partial charge < -0.3 is 15.2 Å². The maximum absolute atomic E-state index is 8.92. The molecule has 15 heavy (non-hydrogen) atoms. The molecule has 3 nitrogen and oxygen atoms in total. The van der Waals surface area contributed by atoms with Gasteiger partial charge in [-0.3, -0.25) is 0 Å². The summed E-state index contributed by atoms with van der Waals surface area (Å²) in [7, 11) is 0. The second-order valence-corrected chi connectivity index (χ2v) is 4.10. The van der Waals surface area contributed by atoms with Crippen molar-refractivity contribution in [3.05, 3.63) is 34.9 Å². The predicted molar refractivity (Wildman–Crippen MR) is 59.0 cm³/mol. The van der Waals surface area contributed by atoms with Crippen LogP contribution >= 0.6 is 11.6 Å². The molecule has 0 bridgehead atoms. The molecule has 4 heteroatoms. The first-order chi connectivity index (χ1) is 7.29. The van der Waals surface area contributed by atoms with Gasteiger partial charge in [0.1, 0.15) is 0 Å². The van der Waals surface area contributed by atoms with Crippen molar-refractivity contribution < 1.29 is 9.84 Å². The Kier molecular flexibility index (Phi) is 3.59. The largest absolute Gasteiger partial charge is 0.395 e. The summed E-state index contributed by atoms with van der Waals surface area (Å²) < 4.78 is 5.64. The van der Waals surface area contributed by atoms with Crippen molar-refractivity contribution in [2.45, 2.75) is 12.1 Å². The Bertz CT molecular complexity index is 307.